The second kappa shape index (κ2) is 6.23. The predicted octanol–water partition coefficient (Wildman–Crippen LogP) is 0.875. The van der Waals surface area contributed by atoms with Crippen molar-refractivity contribution < 1.29 is 9.47 Å². The Hall–Kier alpha value is -1.30. The number of ether oxygens (including phenoxy) is 2. The zero-order valence-electron chi connectivity index (χ0n) is 11.9. The number of piperazine rings is 1. The number of nitrogens with two attached hydrogens (primary N) is 1. The third-order valence-corrected chi connectivity index (χ3v) is 3.67. The van der Waals surface area contributed by atoms with E-state index in [0.29, 0.717) is 0 Å². The van der Waals surface area contributed by atoms with E-state index in [-0.39, 0.29) is 6.17 Å². The lowest BCUT2D eigenvalue weighted by Gasteiger charge is -2.33. The summed E-state index contributed by atoms with van der Waals surface area (Å²) in [5, 5.41) is 3.33. The molecule has 0 aliphatic carbocycles. The molecule has 1 atom stereocenters. The van der Waals surface area contributed by atoms with Crippen molar-refractivity contribution in [2.75, 3.05) is 40.4 Å². The molecule has 1 aliphatic rings. The summed E-state index contributed by atoms with van der Waals surface area (Å²) in [4.78, 5) is 2.26. The van der Waals surface area contributed by atoms with Gasteiger partial charge in [0.25, 0.3) is 0 Å². The van der Waals surface area contributed by atoms with Crippen LogP contribution in [0.3, 0.4) is 0 Å². The van der Waals surface area contributed by atoms with Crippen molar-refractivity contribution in [3.63, 3.8) is 0 Å². The van der Waals surface area contributed by atoms with Crippen LogP contribution in [0.5, 0.6) is 11.5 Å². The van der Waals surface area contributed by atoms with E-state index < -0.39 is 0 Å². The Morgan fingerprint density at radius 3 is 2.47 bits per heavy atom. The zero-order chi connectivity index (χ0) is 13.8. The maximum atomic E-state index is 6.38. The Morgan fingerprint density at radius 1 is 1.21 bits per heavy atom. The number of methoxy groups -OCH3 is 2. The van der Waals surface area contributed by atoms with Crippen LogP contribution in [0, 0.1) is 6.92 Å². The monoisotopic (exact) mass is 265 g/mol. The lowest BCUT2D eigenvalue weighted by Crippen LogP contribution is -2.47. The molecule has 2 rings (SSSR count). The highest BCUT2D eigenvalue weighted by atomic mass is 16.5. The maximum Gasteiger partial charge on any atom is 0.131 e. The van der Waals surface area contributed by atoms with Crippen LogP contribution in [-0.2, 0) is 0 Å². The Bertz CT molecular complexity index is 431. The normalized spacial score (nSPS) is 18.1. The minimum Gasteiger partial charge on any atom is -0.496 e. The number of nitrogens with zero attached hydrogens (tertiary/aromatic N) is 1. The van der Waals surface area contributed by atoms with Crippen molar-refractivity contribution in [3.8, 4) is 11.5 Å². The summed E-state index contributed by atoms with van der Waals surface area (Å²) in [5.74, 6) is 1.65. The third kappa shape index (κ3) is 2.83. The molecule has 5 heteroatoms. The van der Waals surface area contributed by atoms with Crippen LogP contribution in [0.15, 0.2) is 12.1 Å². The van der Waals surface area contributed by atoms with Gasteiger partial charge in [-0.25, -0.2) is 0 Å². The van der Waals surface area contributed by atoms with E-state index in [9.17, 15) is 0 Å². The number of benzene rings is 1. The Labute approximate surface area is 114 Å². The average Bonchev–Trinajstić information content (AvgIpc) is 2.47. The molecule has 106 valence electrons. The minimum absolute atomic E-state index is 0.137. The van der Waals surface area contributed by atoms with Crippen LogP contribution in [0.1, 0.15) is 17.3 Å². The Morgan fingerprint density at radius 2 is 1.89 bits per heavy atom. The van der Waals surface area contributed by atoms with E-state index >= 15 is 0 Å². The van der Waals surface area contributed by atoms with Gasteiger partial charge in [0.15, 0.2) is 0 Å². The van der Waals surface area contributed by atoms with E-state index in [1.54, 1.807) is 14.2 Å². The molecule has 1 aromatic carbocycles. The summed E-state index contributed by atoms with van der Waals surface area (Å²) in [6.45, 7) is 5.85. The summed E-state index contributed by atoms with van der Waals surface area (Å²) in [6, 6.07) is 3.95. The Balaban J connectivity index is 2.30. The lowest BCUT2D eigenvalue weighted by atomic mass is 10.0. The van der Waals surface area contributed by atoms with Crippen molar-refractivity contribution in [1.82, 2.24) is 10.2 Å². The molecule has 1 fully saturated rings. The molecule has 1 saturated heterocycles. The quantitative estimate of drug-likeness (QED) is 0.846. The van der Waals surface area contributed by atoms with E-state index in [0.717, 1.165) is 48.8 Å². The van der Waals surface area contributed by atoms with Gasteiger partial charge >= 0.3 is 0 Å². The SMILES string of the molecule is COc1ccc(C(N)N2CCNCC2)c(OC)c1C. The highest BCUT2D eigenvalue weighted by Gasteiger charge is 2.23. The largest absolute Gasteiger partial charge is 0.496 e. The van der Waals surface area contributed by atoms with Gasteiger partial charge < -0.3 is 20.5 Å². The summed E-state index contributed by atoms with van der Waals surface area (Å²) in [7, 11) is 3.34. The Kier molecular flexibility index (Phi) is 4.63. The van der Waals surface area contributed by atoms with Gasteiger partial charge in [-0.3, -0.25) is 4.90 Å². The molecule has 1 unspecified atom stereocenters. The second-order valence-electron chi connectivity index (χ2n) is 4.75. The van der Waals surface area contributed by atoms with Crippen LogP contribution in [0.4, 0.5) is 0 Å². The summed E-state index contributed by atoms with van der Waals surface area (Å²) in [5.41, 5.74) is 8.39. The maximum absolute atomic E-state index is 6.38. The highest BCUT2D eigenvalue weighted by molar-refractivity contribution is 5.50. The lowest BCUT2D eigenvalue weighted by molar-refractivity contribution is 0.174. The van der Waals surface area contributed by atoms with Crippen molar-refractivity contribution in [1.29, 1.82) is 0 Å². The fraction of sp³-hybridized carbons (Fsp3) is 0.571. The number of hydrogen-bond acceptors (Lipinski definition) is 5. The van der Waals surface area contributed by atoms with Gasteiger partial charge in [-0.05, 0) is 19.1 Å². The summed E-state index contributed by atoms with van der Waals surface area (Å²) >= 11 is 0. The molecule has 0 bridgehead atoms. The predicted molar refractivity (Wildman–Crippen MR) is 75.7 cm³/mol. The van der Waals surface area contributed by atoms with Gasteiger partial charge in [0.2, 0.25) is 0 Å². The summed E-state index contributed by atoms with van der Waals surface area (Å²) in [6.07, 6.45) is -0.137. The van der Waals surface area contributed by atoms with Crippen molar-refractivity contribution >= 4 is 0 Å². The standard InChI is InChI=1S/C14H23N3O2/c1-10-12(18-2)5-4-11(13(10)19-3)14(15)17-8-6-16-7-9-17/h4-5,14,16H,6-9,15H2,1-3H3. The molecule has 0 aromatic heterocycles. The molecule has 1 aromatic rings. The highest BCUT2D eigenvalue weighted by Crippen LogP contribution is 2.35. The zero-order valence-corrected chi connectivity index (χ0v) is 11.9. The van der Waals surface area contributed by atoms with Crippen molar-refractivity contribution in [2.24, 2.45) is 5.73 Å². The van der Waals surface area contributed by atoms with Gasteiger partial charge in [0, 0.05) is 37.3 Å². The number of rotatable bonds is 4. The smallest absolute Gasteiger partial charge is 0.131 e. The van der Waals surface area contributed by atoms with Crippen LogP contribution in [-0.4, -0.2) is 45.3 Å². The summed E-state index contributed by atoms with van der Waals surface area (Å²) < 4.78 is 10.9. The number of hydrogen-bond donors (Lipinski definition) is 2. The second-order valence-corrected chi connectivity index (χ2v) is 4.75. The number of nitrogens with one attached hydrogen (secondary N) is 1. The molecule has 1 aliphatic heterocycles. The first-order valence-corrected chi connectivity index (χ1v) is 6.61. The topological polar surface area (TPSA) is 59.8 Å². The van der Waals surface area contributed by atoms with Gasteiger partial charge in [0.05, 0.1) is 20.4 Å². The van der Waals surface area contributed by atoms with E-state index in [1.165, 1.54) is 0 Å². The molecule has 0 amide bonds. The van der Waals surface area contributed by atoms with E-state index in [4.69, 9.17) is 15.2 Å². The first-order chi connectivity index (χ1) is 9.19. The van der Waals surface area contributed by atoms with E-state index in [1.807, 2.05) is 19.1 Å². The molecular weight excluding hydrogens is 242 g/mol. The van der Waals surface area contributed by atoms with E-state index in [2.05, 4.69) is 10.2 Å². The fourth-order valence-electron chi connectivity index (χ4n) is 2.58. The third-order valence-electron chi connectivity index (χ3n) is 3.67. The molecular formula is C14H23N3O2. The first kappa shape index (κ1) is 14.1. The molecule has 5 nitrogen and oxygen atoms in total. The minimum atomic E-state index is -0.137. The molecule has 3 N–H and O–H groups in total. The molecule has 19 heavy (non-hydrogen) atoms. The van der Waals surface area contributed by atoms with Crippen LogP contribution < -0.4 is 20.5 Å². The molecule has 0 saturated carbocycles. The van der Waals surface area contributed by atoms with Gasteiger partial charge in [-0.2, -0.15) is 0 Å². The van der Waals surface area contributed by atoms with Crippen molar-refractivity contribution in [3.05, 3.63) is 23.3 Å². The van der Waals surface area contributed by atoms with Crippen LogP contribution in [0.2, 0.25) is 0 Å². The molecule has 0 radical (unpaired) electrons. The fourth-order valence-corrected chi connectivity index (χ4v) is 2.58. The molecule has 1 heterocycles. The van der Waals surface area contributed by atoms with Crippen molar-refractivity contribution in [2.45, 2.75) is 13.1 Å². The van der Waals surface area contributed by atoms with Gasteiger partial charge in [0.1, 0.15) is 11.5 Å². The van der Waals surface area contributed by atoms with Crippen LogP contribution >= 0.6 is 0 Å². The van der Waals surface area contributed by atoms with Crippen LogP contribution in [0.25, 0.3) is 0 Å². The molecule has 0 spiro atoms. The van der Waals surface area contributed by atoms with Gasteiger partial charge in [-0.1, -0.05) is 0 Å². The van der Waals surface area contributed by atoms with Gasteiger partial charge in [-0.15, -0.1) is 0 Å². The average molecular weight is 265 g/mol. The first-order valence-electron chi connectivity index (χ1n) is 6.61.